The summed E-state index contributed by atoms with van der Waals surface area (Å²) in [6.07, 6.45) is 2.81. The smallest absolute Gasteiger partial charge is 0.181 e. The van der Waals surface area contributed by atoms with Gasteiger partial charge in [-0.1, -0.05) is 0 Å². The number of halogens is 2. The van der Waals surface area contributed by atoms with Crippen LogP contribution in [0.5, 0.6) is 0 Å². The number of imidazole rings is 1. The predicted molar refractivity (Wildman–Crippen MR) is 57.0 cm³/mol. The van der Waals surface area contributed by atoms with Crippen molar-refractivity contribution in [3.05, 3.63) is 42.5 Å². The average molecular weight is 232 g/mol. The molecule has 0 aliphatic rings. The zero-order chi connectivity index (χ0) is 11.8. The molecule has 1 aromatic carbocycles. The van der Waals surface area contributed by atoms with Crippen LogP contribution >= 0.6 is 0 Å². The topological polar surface area (TPSA) is 54.5 Å². The molecule has 0 radical (unpaired) electrons. The Hall–Kier alpha value is -2.37. The quantitative estimate of drug-likeness (QED) is 0.700. The molecule has 0 aliphatic heterocycles. The number of nitrogens with one attached hydrogen (secondary N) is 1. The molecule has 3 aromatic rings. The zero-order valence-corrected chi connectivity index (χ0v) is 8.48. The van der Waals surface area contributed by atoms with Crippen LogP contribution in [0.25, 0.3) is 22.4 Å². The Morgan fingerprint density at radius 1 is 1.00 bits per heavy atom. The van der Waals surface area contributed by atoms with Crippen LogP contribution in [0.4, 0.5) is 8.78 Å². The third-order valence-electron chi connectivity index (χ3n) is 2.42. The molecule has 1 N–H and O–H groups in total. The van der Waals surface area contributed by atoms with Crippen LogP contribution < -0.4 is 0 Å². The van der Waals surface area contributed by atoms with Crippen molar-refractivity contribution in [1.82, 2.24) is 19.9 Å². The third kappa shape index (κ3) is 1.54. The summed E-state index contributed by atoms with van der Waals surface area (Å²) in [5, 5.41) is 0. The minimum Gasteiger partial charge on any atom is -0.341 e. The number of aromatic nitrogens is 4. The number of aromatic amines is 1. The molecule has 3 rings (SSSR count). The van der Waals surface area contributed by atoms with Crippen LogP contribution in [0.15, 0.2) is 30.9 Å². The Morgan fingerprint density at radius 2 is 1.88 bits per heavy atom. The molecule has 0 atom stereocenters. The summed E-state index contributed by atoms with van der Waals surface area (Å²) in [7, 11) is 0. The standard InChI is InChI=1S/C11H6F2N4/c12-7-2-1-6(3-8(7)13)9-10-11(16-4-14-9)17-5-15-10/h1-5H,(H,14,15,16,17). The normalized spacial score (nSPS) is 10.9. The van der Waals surface area contributed by atoms with E-state index in [2.05, 4.69) is 19.9 Å². The maximum absolute atomic E-state index is 13.1. The summed E-state index contributed by atoms with van der Waals surface area (Å²) in [4.78, 5) is 14.8. The number of fused-ring (bicyclic) bond motifs is 1. The molecule has 0 aliphatic carbocycles. The molecule has 0 saturated heterocycles. The Bertz CT molecular complexity index is 693. The van der Waals surface area contributed by atoms with E-state index in [0.717, 1.165) is 12.1 Å². The van der Waals surface area contributed by atoms with E-state index < -0.39 is 11.6 Å². The SMILES string of the molecule is Fc1ccc(-c2ncnc3nc[nH]c23)cc1F. The largest absolute Gasteiger partial charge is 0.341 e. The third-order valence-corrected chi connectivity index (χ3v) is 2.42. The van der Waals surface area contributed by atoms with E-state index >= 15 is 0 Å². The van der Waals surface area contributed by atoms with Gasteiger partial charge in [-0.3, -0.25) is 0 Å². The average Bonchev–Trinajstić information content (AvgIpc) is 2.80. The summed E-state index contributed by atoms with van der Waals surface area (Å²) in [5.41, 5.74) is 2.05. The van der Waals surface area contributed by atoms with Gasteiger partial charge in [-0.05, 0) is 18.2 Å². The lowest BCUT2D eigenvalue weighted by atomic mass is 10.1. The number of nitrogens with zero attached hydrogens (tertiary/aromatic N) is 3. The molecule has 0 saturated carbocycles. The van der Waals surface area contributed by atoms with Gasteiger partial charge < -0.3 is 4.98 Å². The fraction of sp³-hybridized carbons (Fsp3) is 0. The predicted octanol–water partition coefficient (Wildman–Crippen LogP) is 2.30. The Balaban J connectivity index is 2.26. The Morgan fingerprint density at radius 3 is 2.71 bits per heavy atom. The van der Waals surface area contributed by atoms with Crippen molar-refractivity contribution in [2.45, 2.75) is 0 Å². The fourth-order valence-corrected chi connectivity index (χ4v) is 1.63. The van der Waals surface area contributed by atoms with Gasteiger partial charge in [0.05, 0.1) is 12.0 Å². The highest BCUT2D eigenvalue weighted by Gasteiger charge is 2.10. The van der Waals surface area contributed by atoms with Gasteiger partial charge in [0, 0.05) is 5.56 Å². The molecular formula is C11H6F2N4. The molecule has 2 aromatic heterocycles. The second-order valence-corrected chi connectivity index (χ2v) is 3.45. The van der Waals surface area contributed by atoms with Crippen LogP contribution in [-0.2, 0) is 0 Å². The molecule has 4 nitrogen and oxygen atoms in total. The maximum atomic E-state index is 13.1. The van der Waals surface area contributed by atoms with Gasteiger partial charge in [-0.2, -0.15) is 0 Å². The Labute approximate surface area is 94.4 Å². The highest BCUT2D eigenvalue weighted by molar-refractivity contribution is 5.86. The molecule has 17 heavy (non-hydrogen) atoms. The summed E-state index contributed by atoms with van der Waals surface area (Å²) in [6, 6.07) is 3.62. The van der Waals surface area contributed by atoms with Crippen molar-refractivity contribution in [3.8, 4) is 11.3 Å². The first-order valence-corrected chi connectivity index (χ1v) is 4.85. The van der Waals surface area contributed by atoms with E-state index in [0.29, 0.717) is 22.4 Å². The Kier molecular flexibility index (Phi) is 2.07. The van der Waals surface area contributed by atoms with Crippen LogP contribution in [0.2, 0.25) is 0 Å². The van der Waals surface area contributed by atoms with Gasteiger partial charge in [0.15, 0.2) is 17.3 Å². The molecule has 0 spiro atoms. The van der Waals surface area contributed by atoms with Gasteiger partial charge in [-0.25, -0.2) is 23.7 Å². The minimum absolute atomic E-state index is 0.473. The van der Waals surface area contributed by atoms with Crippen molar-refractivity contribution in [2.75, 3.05) is 0 Å². The van der Waals surface area contributed by atoms with Crippen molar-refractivity contribution in [2.24, 2.45) is 0 Å². The highest BCUT2D eigenvalue weighted by Crippen LogP contribution is 2.24. The summed E-state index contributed by atoms with van der Waals surface area (Å²) in [5.74, 6) is -1.79. The number of hydrogen-bond donors (Lipinski definition) is 1. The lowest BCUT2D eigenvalue weighted by Gasteiger charge is -2.02. The van der Waals surface area contributed by atoms with E-state index in [1.807, 2.05) is 0 Å². The molecular weight excluding hydrogens is 226 g/mol. The first-order chi connectivity index (χ1) is 8.25. The maximum Gasteiger partial charge on any atom is 0.181 e. The molecule has 6 heteroatoms. The second kappa shape index (κ2) is 3.58. The van der Waals surface area contributed by atoms with E-state index in [4.69, 9.17) is 0 Å². The zero-order valence-electron chi connectivity index (χ0n) is 8.48. The lowest BCUT2D eigenvalue weighted by molar-refractivity contribution is 0.509. The lowest BCUT2D eigenvalue weighted by Crippen LogP contribution is -1.90. The van der Waals surface area contributed by atoms with Crippen LogP contribution in [0.3, 0.4) is 0 Å². The van der Waals surface area contributed by atoms with Crippen molar-refractivity contribution >= 4 is 11.2 Å². The first kappa shape index (κ1) is 9.83. The number of H-pyrrole nitrogens is 1. The molecule has 0 fully saturated rings. The van der Waals surface area contributed by atoms with Gasteiger partial charge >= 0.3 is 0 Å². The number of rotatable bonds is 1. The van der Waals surface area contributed by atoms with Crippen LogP contribution in [0, 0.1) is 11.6 Å². The van der Waals surface area contributed by atoms with Crippen molar-refractivity contribution < 1.29 is 8.78 Å². The number of hydrogen-bond acceptors (Lipinski definition) is 3. The highest BCUT2D eigenvalue weighted by atomic mass is 19.2. The summed E-state index contributed by atoms with van der Waals surface area (Å²) in [6.45, 7) is 0. The summed E-state index contributed by atoms with van der Waals surface area (Å²) >= 11 is 0. The van der Waals surface area contributed by atoms with Gasteiger partial charge in [0.25, 0.3) is 0 Å². The first-order valence-electron chi connectivity index (χ1n) is 4.85. The molecule has 0 unspecified atom stereocenters. The van der Waals surface area contributed by atoms with Gasteiger partial charge in [0.1, 0.15) is 11.8 Å². The van der Waals surface area contributed by atoms with Crippen molar-refractivity contribution in [1.29, 1.82) is 0 Å². The molecule has 0 bridgehead atoms. The number of benzene rings is 1. The van der Waals surface area contributed by atoms with E-state index in [-0.39, 0.29) is 0 Å². The monoisotopic (exact) mass is 232 g/mol. The van der Waals surface area contributed by atoms with Gasteiger partial charge in [-0.15, -0.1) is 0 Å². The van der Waals surface area contributed by atoms with Crippen LogP contribution in [0.1, 0.15) is 0 Å². The van der Waals surface area contributed by atoms with Crippen molar-refractivity contribution in [3.63, 3.8) is 0 Å². The van der Waals surface area contributed by atoms with Gasteiger partial charge in [0.2, 0.25) is 0 Å². The van der Waals surface area contributed by atoms with E-state index in [1.165, 1.54) is 18.7 Å². The molecule has 0 amide bonds. The summed E-state index contributed by atoms with van der Waals surface area (Å²) < 4.78 is 26.0. The molecule has 84 valence electrons. The minimum atomic E-state index is -0.909. The van der Waals surface area contributed by atoms with E-state index in [9.17, 15) is 8.78 Å². The second-order valence-electron chi connectivity index (χ2n) is 3.45. The van der Waals surface area contributed by atoms with E-state index in [1.54, 1.807) is 0 Å². The fourth-order valence-electron chi connectivity index (χ4n) is 1.63. The van der Waals surface area contributed by atoms with Crippen LogP contribution in [-0.4, -0.2) is 19.9 Å². The molecule has 2 heterocycles.